The van der Waals surface area contributed by atoms with Crippen LogP contribution in [0.5, 0.6) is 17.2 Å². The minimum atomic E-state index is -0.425. The molecule has 0 atom stereocenters. The lowest BCUT2D eigenvalue weighted by Gasteiger charge is -2.18. The standard InChI is InChI=1S/C23H24O7/c1-3-27-22-19(26-2)9-8-17(15-6-7-18-16(10-15)12-30-23(18)25)21(22)29-13-20(24)28-11-14-4-5-14/h6-10,14H,3-5,11-13H2,1-2H3. The highest BCUT2D eigenvalue weighted by Crippen LogP contribution is 2.45. The van der Waals surface area contributed by atoms with E-state index >= 15 is 0 Å². The third-order valence-electron chi connectivity index (χ3n) is 5.09. The lowest BCUT2D eigenvalue weighted by Crippen LogP contribution is -2.17. The first-order valence-corrected chi connectivity index (χ1v) is 10.0. The van der Waals surface area contributed by atoms with Crippen molar-refractivity contribution in [1.82, 2.24) is 0 Å². The lowest BCUT2D eigenvalue weighted by molar-refractivity contribution is -0.146. The van der Waals surface area contributed by atoms with Crippen molar-refractivity contribution in [2.45, 2.75) is 26.4 Å². The summed E-state index contributed by atoms with van der Waals surface area (Å²) in [6, 6.07) is 9.06. The Balaban J connectivity index is 1.65. The first-order chi connectivity index (χ1) is 14.6. The zero-order chi connectivity index (χ0) is 21.1. The summed E-state index contributed by atoms with van der Waals surface area (Å²) in [6.45, 7) is 2.69. The normalized spacial score (nSPS) is 14.7. The fourth-order valence-corrected chi connectivity index (χ4v) is 3.33. The van der Waals surface area contributed by atoms with Crippen molar-refractivity contribution in [3.05, 3.63) is 41.5 Å². The molecule has 1 saturated carbocycles. The highest BCUT2D eigenvalue weighted by molar-refractivity contribution is 5.94. The number of rotatable bonds is 9. The second-order valence-corrected chi connectivity index (χ2v) is 7.27. The highest BCUT2D eigenvalue weighted by atomic mass is 16.6. The molecule has 1 aliphatic carbocycles. The summed E-state index contributed by atoms with van der Waals surface area (Å²) in [6.07, 6.45) is 2.21. The van der Waals surface area contributed by atoms with E-state index in [1.807, 2.05) is 25.1 Å². The number of hydrogen-bond acceptors (Lipinski definition) is 7. The van der Waals surface area contributed by atoms with E-state index in [1.54, 1.807) is 19.2 Å². The van der Waals surface area contributed by atoms with Crippen molar-refractivity contribution in [3.8, 4) is 28.4 Å². The summed E-state index contributed by atoms with van der Waals surface area (Å²) in [5.41, 5.74) is 2.90. The fourth-order valence-electron chi connectivity index (χ4n) is 3.33. The highest BCUT2D eigenvalue weighted by Gasteiger charge is 2.25. The molecule has 7 nitrogen and oxygen atoms in total. The van der Waals surface area contributed by atoms with Gasteiger partial charge < -0.3 is 23.7 Å². The minimum absolute atomic E-state index is 0.236. The number of carbonyl (C=O) groups is 2. The van der Waals surface area contributed by atoms with Gasteiger partial charge in [0.15, 0.2) is 18.1 Å². The van der Waals surface area contributed by atoms with E-state index in [4.69, 9.17) is 23.7 Å². The predicted molar refractivity (Wildman–Crippen MR) is 108 cm³/mol. The monoisotopic (exact) mass is 412 g/mol. The van der Waals surface area contributed by atoms with Gasteiger partial charge in [0.1, 0.15) is 6.61 Å². The maximum absolute atomic E-state index is 12.1. The van der Waals surface area contributed by atoms with Crippen molar-refractivity contribution in [1.29, 1.82) is 0 Å². The first kappa shape index (κ1) is 20.1. The number of ether oxygens (including phenoxy) is 5. The van der Waals surface area contributed by atoms with E-state index < -0.39 is 5.97 Å². The Labute approximate surface area is 174 Å². The molecule has 0 spiro atoms. The molecular weight excluding hydrogens is 388 g/mol. The van der Waals surface area contributed by atoms with E-state index in [0.717, 1.165) is 29.5 Å². The summed E-state index contributed by atoms with van der Waals surface area (Å²) in [5, 5.41) is 0. The van der Waals surface area contributed by atoms with Crippen LogP contribution in [0, 0.1) is 5.92 Å². The number of esters is 2. The van der Waals surface area contributed by atoms with Gasteiger partial charge in [0.25, 0.3) is 0 Å². The molecule has 0 amide bonds. The molecule has 0 saturated heterocycles. The average Bonchev–Trinajstić information content (AvgIpc) is 3.52. The average molecular weight is 412 g/mol. The van der Waals surface area contributed by atoms with Gasteiger partial charge in [-0.3, -0.25) is 0 Å². The van der Waals surface area contributed by atoms with Crippen molar-refractivity contribution < 1.29 is 33.3 Å². The quantitative estimate of drug-likeness (QED) is 0.580. The summed E-state index contributed by atoms with van der Waals surface area (Å²) in [4.78, 5) is 23.9. The van der Waals surface area contributed by atoms with Gasteiger partial charge in [0.05, 0.1) is 25.9 Å². The van der Waals surface area contributed by atoms with Crippen LogP contribution in [-0.4, -0.2) is 38.9 Å². The van der Waals surface area contributed by atoms with E-state index in [2.05, 4.69) is 0 Å². The number of cyclic esters (lactones) is 1. The topological polar surface area (TPSA) is 80.3 Å². The molecule has 0 N–H and O–H groups in total. The molecule has 30 heavy (non-hydrogen) atoms. The van der Waals surface area contributed by atoms with Crippen LogP contribution in [0.2, 0.25) is 0 Å². The summed E-state index contributed by atoms with van der Waals surface area (Å²) < 4.78 is 27.5. The molecule has 1 heterocycles. The molecule has 2 aromatic carbocycles. The largest absolute Gasteiger partial charge is 0.493 e. The molecule has 158 valence electrons. The van der Waals surface area contributed by atoms with Crippen LogP contribution in [0.15, 0.2) is 30.3 Å². The van der Waals surface area contributed by atoms with Crippen LogP contribution in [0.1, 0.15) is 35.7 Å². The smallest absolute Gasteiger partial charge is 0.344 e. The van der Waals surface area contributed by atoms with Crippen molar-refractivity contribution >= 4 is 11.9 Å². The van der Waals surface area contributed by atoms with E-state index in [0.29, 0.717) is 41.9 Å². The van der Waals surface area contributed by atoms with Gasteiger partial charge >= 0.3 is 11.9 Å². The van der Waals surface area contributed by atoms with E-state index in [9.17, 15) is 9.59 Å². The molecule has 4 rings (SSSR count). The Morgan fingerprint density at radius 2 is 1.90 bits per heavy atom. The zero-order valence-electron chi connectivity index (χ0n) is 17.1. The van der Waals surface area contributed by atoms with Crippen LogP contribution >= 0.6 is 0 Å². The molecule has 7 heteroatoms. The summed E-state index contributed by atoms with van der Waals surface area (Å²) >= 11 is 0. The number of fused-ring (bicyclic) bond motifs is 1. The Kier molecular flexibility index (Phi) is 5.79. The molecule has 2 aromatic rings. The molecular formula is C23H24O7. The molecule has 0 radical (unpaired) electrons. The fraction of sp³-hybridized carbons (Fsp3) is 0.391. The predicted octanol–water partition coefficient (Wildman–Crippen LogP) is 3.76. The number of benzene rings is 2. The molecule has 1 aliphatic heterocycles. The van der Waals surface area contributed by atoms with Crippen LogP contribution in [0.3, 0.4) is 0 Å². The molecule has 2 aliphatic rings. The lowest BCUT2D eigenvalue weighted by atomic mass is 9.99. The Bertz CT molecular complexity index is 962. The van der Waals surface area contributed by atoms with E-state index in [-0.39, 0.29) is 19.2 Å². The van der Waals surface area contributed by atoms with Crippen molar-refractivity contribution in [2.24, 2.45) is 5.92 Å². The number of hydrogen-bond donors (Lipinski definition) is 0. The SMILES string of the molecule is CCOc1c(OC)ccc(-c2ccc3c(c2)COC3=O)c1OCC(=O)OCC1CC1. The Hall–Kier alpha value is -3.22. The van der Waals surface area contributed by atoms with Crippen molar-refractivity contribution in [2.75, 3.05) is 26.9 Å². The van der Waals surface area contributed by atoms with Gasteiger partial charge in [-0.05, 0) is 55.5 Å². The van der Waals surface area contributed by atoms with Gasteiger partial charge in [-0.15, -0.1) is 0 Å². The number of carbonyl (C=O) groups excluding carboxylic acids is 2. The Morgan fingerprint density at radius 1 is 1.10 bits per heavy atom. The number of methoxy groups -OCH3 is 1. The molecule has 0 aromatic heterocycles. The van der Waals surface area contributed by atoms with E-state index in [1.165, 1.54) is 0 Å². The van der Waals surface area contributed by atoms with Gasteiger partial charge in [-0.2, -0.15) is 0 Å². The second-order valence-electron chi connectivity index (χ2n) is 7.27. The summed E-state index contributed by atoms with van der Waals surface area (Å²) in [7, 11) is 1.55. The summed E-state index contributed by atoms with van der Waals surface area (Å²) in [5.74, 6) is 1.05. The maximum Gasteiger partial charge on any atom is 0.344 e. The molecule has 0 bridgehead atoms. The molecule has 0 unspecified atom stereocenters. The second kappa shape index (κ2) is 8.65. The van der Waals surface area contributed by atoms with Crippen LogP contribution in [0.4, 0.5) is 0 Å². The van der Waals surface area contributed by atoms with Gasteiger partial charge in [0, 0.05) is 11.1 Å². The Morgan fingerprint density at radius 3 is 2.63 bits per heavy atom. The maximum atomic E-state index is 12.1. The third kappa shape index (κ3) is 4.20. The third-order valence-corrected chi connectivity index (χ3v) is 5.09. The van der Waals surface area contributed by atoms with Gasteiger partial charge in [-0.25, -0.2) is 9.59 Å². The minimum Gasteiger partial charge on any atom is -0.493 e. The molecule has 1 fully saturated rings. The zero-order valence-corrected chi connectivity index (χ0v) is 17.1. The van der Waals surface area contributed by atoms with Crippen molar-refractivity contribution in [3.63, 3.8) is 0 Å². The van der Waals surface area contributed by atoms with Gasteiger partial charge in [-0.1, -0.05) is 6.07 Å². The van der Waals surface area contributed by atoms with Crippen LogP contribution in [0.25, 0.3) is 11.1 Å². The van der Waals surface area contributed by atoms with Gasteiger partial charge in [0.2, 0.25) is 5.75 Å². The van der Waals surface area contributed by atoms with Crippen LogP contribution < -0.4 is 14.2 Å². The first-order valence-electron chi connectivity index (χ1n) is 10.0. The van der Waals surface area contributed by atoms with Crippen LogP contribution in [-0.2, 0) is 20.9 Å².